The highest BCUT2D eigenvalue weighted by molar-refractivity contribution is 5.61. The molecule has 4 rings (SSSR count). The van der Waals surface area contributed by atoms with Gasteiger partial charge in [0.2, 0.25) is 0 Å². The highest BCUT2D eigenvalue weighted by atomic mass is 16.6. The van der Waals surface area contributed by atoms with E-state index in [0.717, 1.165) is 24.4 Å². The van der Waals surface area contributed by atoms with Gasteiger partial charge in [-0.1, -0.05) is 36.4 Å². The van der Waals surface area contributed by atoms with Crippen molar-refractivity contribution < 1.29 is 4.92 Å². The summed E-state index contributed by atoms with van der Waals surface area (Å²) in [6.45, 7) is 1.90. The number of non-ortho nitro benzene ring substituents is 1. The Balaban J connectivity index is 1.65. The van der Waals surface area contributed by atoms with Gasteiger partial charge >= 0.3 is 0 Å². The van der Waals surface area contributed by atoms with E-state index in [-0.39, 0.29) is 11.7 Å². The normalized spacial score (nSPS) is 15.5. The molecule has 6 nitrogen and oxygen atoms in total. The molecule has 1 N–H and O–H groups in total. The first kappa shape index (κ1) is 16.2. The number of fused-ring (bicyclic) bond motifs is 1. The smallest absolute Gasteiger partial charge is 0.270 e. The van der Waals surface area contributed by atoms with Crippen LogP contribution in [0.4, 0.5) is 11.5 Å². The Morgan fingerprint density at radius 1 is 1.12 bits per heavy atom. The van der Waals surface area contributed by atoms with Gasteiger partial charge in [0.05, 0.1) is 11.0 Å². The molecule has 0 spiro atoms. The van der Waals surface area contributed by atoms with Crippen molar-refractivity contribution in [2.24, 2.45) is 0 Å². The zero-order chi connectivity index (χ0) is 18.1. The predicted octanol–water partition coefficient (Wildman–Crippen LogP) is 4.46. The van der Waals surface area contributed by atoms with E-state index in [9.17, 15) is 10.1 Å². The van der Waals surface area contributed by atoms with Crippen molar-refractivity contribution in [1.82, 2.24) is 9.97 Å². The molecule has 0 bridgehead atoms. The first-order chi connectivity index (χ1) is 12.6. The van der Waals surface area contributed by atoms with Gasteiger partial charge in [-0.3, -0.25) is 10.1 Å². The quantitative estimate of drug-likeness (QED) is 0.557. The molecule has 2 aromatic carbocycles. The summed E-state index contributed by atoms with van der Waals surface area (Å²) >= 11 is 0. The van der Waals surface area contributed by atoms with Gasteiger partial charge in [-0.25, -0.2) is 9.97 Å². The molecular formula is C20H18N4O2. The van der Waals surface area contributed by atoms with Crippen LogP contribution in [0.5, 0.6) is 0 Å². The van der Waals surface area contributed by atoms with Crippen molar-refractivity contribution in [1.29, 1.82) is 0 Å². The van der Waals surface area contributed by atoms with Crippen molar-refractivity contribution in [3.8, 4) is 11.4 Å². The molecule has 0 aliphatic heterocycles. The molecule has 1 atom stereocenters. The average molecular weight is 346 g/mol. The van der Waals surface area contributed by atoms with Crippen LogP contribution in [0.25, 0.3) is 11.4 Å². The third kappa shape index (κ3) is 3.13. The molecule has 0 saturated heterocycles. The van der Waals surface area contributed by atoms with E-state index >= 15 is 0 Å². The molecule has 1 aliphatic rings. The Bertz CT molecular complexity index is 987. The number of benzene rings is 2. The van der Waals surface area contributed by atoms with Crippen molar-refractivity contribution >= 4 is 11.5 Å². The number of aryl methyl sites for hydroxylation is 2. The fourth-order valence-corrected chi connectivity index (χ4v) is 3.42. The molecule has 0 radical (unpaired) electrons. The van der Waals surface area contributed by atoms with Crippen LogP contribution in [0, 0.1) is 17.0 Å². The maximum absolute atomic E-state index is 11.0. The van der Waals surface area contributed by atoms with E-state index in [1.807, 2.05) is 13.0 Å². The molecule has 0 amide bonds. The van der Waals surface area contributed by atoms with Crippen LogP contribution in [0.1, 0.15) is 29.3 Å². The van der Waals surface area contributed by atoms with Crippen LogP contribution in [0.15, 0.2) is 54.6 Å². The number of hydrogen-bond acceptors (Lipinski definition) is 5. The number of nitrogens with one attached hydrogen (secondary N) is 1. The van der Waals surface area contributed by atoms with E-state index in [1.54, 1.807) is 12.1 Å². The lowest BCUT2D eigenvalue weighted by Gasteiger charge is -2.16. The average Bonchev–Trinajstić information content (AvgIpc) is 3.04. The largest absolute Gasteiger partial charge is 0.363 e. The maximum atomic E-state index is 11.0. The van der Waals surface area contributed by atoms with Crippen LogP contribution in [0.3, 0.4) is 0 Å². The fraction of sp³-hybridized carbons (Fsp3) is 0.200. The summed E-state index contributed by atoms with van der Waals surface area (Å²) in [6, 6.07) is 17.0. The van der Waals surface area contributed by atoms with Gasteiger partial charge in [0.15, 0.2) is 5.82 Å². The minimum absolute atomic E-state index is 0.0341. The zero-order valence-electron chi connectivity index (χ0n) is 14.3. The number of nitro groups is 1. The maximum Gasteiger partial charge on any atom is 0.270 e. The van der Waals surface area contributed by atoms with Gasteiger partial charge in [0, 0.05) is 29.5 Å². The van der Waals surface area contributed by atoms with Gasteiger partial charge in [-0.15, -0.1) is 0 Å². The summed E-state index contributed by atoms with van der Waals surface area (Å²) in [5, 5.41) is 14.5. The summed E-state index contributed by atoms with van der Waals surface area (Å²) in [5.74, 6) is 1.23. The van der Waals surface area contributed by atoms with E-state index in [4.69, 9.17) is 0 Å². The lowest BCUT2D eigenvalue weighted by Crippen LogP contribution is -2.09. The Labute approximate surface area is 151 Å². The SMILES string of the molecule is Cc1cc(N[C@H]2CCc3ccccc32)nc(-c2cccc([N+](=O)[O-])c2)n1. The third-order valence-electron chi connectivity index (χ3n) is 4.62. The van der Waals surface area contributed by atoms with Crippen LogP contribution in [0.2, 0.25) is 0 Å². The van der Waals surface area contributed by atoms with Crippen molar-refractivity contribution in [2.45, 2.75) is 25.8 Å². The van der Waals surface area contributed by atoms with Crippen molar-refractivity contribution in [2.75, 3.05) is 5.32 Å². The summed E-state index contributed by atoms with van der Waals surface area (Å²) < 4.78 is 0. The number of hydrogen-bond donors (Lipinski definition) is 1. The molecule has 1 aliphatic carbocycles. The zero-order valence-corrected chi connectivity index (χ0v) is 14.3. The molecule has 26 heavy (non-hydrogen) atoms. The number of rotatable bonds is 4. The Morgan fingerprint density at radius 2 is 1.96 bits per heavy atom. The lowest BCUT2D eigenvalue weighted by atomic mass is 10.1. The second-order valence-corrected chi connectivity index (χ2v) is 6.46. The molecule has 1 heterocycles. The molecule has 1 aromatic heterocycles. The topological polar surface area (TPSA) is 81.0 Å². The lowest BCUT2D eigenvalue weighted by molar-refractivity contribution is -0.384. The summed E-state index contributed by atoms with van der Waals surface area (Å²) in [6.07, 6.45) is 2.07. The fourth-order valence-electron chi connectivity index (χ4n) is 3.42. The Kier molecular flexibility index (Phi) is 4.08. The first-order valence-corrected chi connectivity index (χ1v) is 8.55. The second-order valence-electron chi connectivity index (χ2n) is 6.46. The standard InChI is InChI=1S/C20H18N4O2/c1-13-11-19(22-18-10-9-14-5-2-3-8-17(14)18)23-20(21-13)15-6-4-7-16(12-15)24(25)26/h2-8,11-12,18H,9-10H2,1H3,(H,21,22,23)/t18-/m0/s1. The van der Waals surface area contributed by atoms with Crippen molar-refractivity contribution in [3.63, 3.8) is 0 Å². The van der Waals surface area contributed by atoms with E-state index in [1.165, 1.54) is 23.3 Å². The Morgan fingerprint density at radius 3 is 2.81 bits per heavy atom. The van der Waals surface area contributed by atoms with E-state index in [2.05, 4.69) is 39.6 Å². The summed E-state index contributed by atoms with van der Waals surface area (Å²) in [7, 11) is 0. The van der Waals surface area contributed by atoms with E-state index < -0.39 is 4.92 Å². The van der Waals surface area contributed by atoms with Gasteiger partial charge in [-0.05, 0) is 30.9 Å². The molecule has 6 heteroatoms. The molecule has 3 aromatic rings. The second kappa shape index (κ2) is 6.55. The highest BCUT2D eigenvalue weighted by Crippen LogP contribution is 2.33. The van der Waals surface area contributed by atoms with Crippen LogP contribution in [-0.4, -0.2) is 14.9 Å². The minimum atomic E-state index is -0.409. The molecule has 0 fully saturated rings. The van der Waals surface area contributed by atoms with Gasteiger partial charge in [-0.2, -0.15) is 0 Å². The molecule has 130 valence electrons. The molecule has 0 unspecified atom stereocenters. The summed E-state index contributed by atoms with van der Waals surface area (Å²) in [5.41, 5.74) is 4.16. The minimum Gasteiger partial charge on any atom is -0.363 e. The summed E-state index contributed by atoms with van der Waals surface area (Å²) in [4.78, 5) is 19.7. The molecule has 0 saturated carbocycles. The van der Waals surface area contributed by atoms with Gasteiger partial charge in [0.25, 0.3) is 5.69 Å². The molecular weight excluding hydrogens is 328 g/mol. The Hall–Kier alpha value is -3.28. The van der Waals surface area contributed by atoms with Crippen LogP contribution < -0.4 is 5.32 Å². The first-order valence-electron chi connectivity index (χ1n) is 8.55. The van der Waals surface area contributed by atoms with Crippen LogP contribution in [-0.2, 0) is 6.42 Å². The predicted molar refractivity (Wildman–Crippen MR) is 100.0 cm³/mol. The number of anilines is 1. The third-order valence-corrected chi connectivity index (χ3v) is 4.62. The van der Waals surface area contributed by atoms with Gasteiger partial charge < -0.3 is 5.32 Å². The van der Waals surface area contributed by atoms with E-state index in [0.29, 0.717) is 11.4 Å². The van der Waals surface area contributed by atoms with Crippen molar-refractivity contribution in [3.05, 3.63) is 81.5 Å². The number of nitrogens with zero attached hydrogens (tertiary/aromatic N) is 3. The van der Waals surface area contributed by atoms with Crippen LogP contribution >= 0.6 is 0 Å². The van der Waals surface area contributed by atoms with Gasteiger partial charge in [0.1, 0.15) is 5.82 Å². The number of aromatic nitrogens is 2. The highest BCUT2D eigenvalue weighted by Gasteiger charge is 2.22. The monoisotopic (exact) mass is 346 g/mol. The number of nitro benzene ring substituents is 1.